The first-order valence-corrected chi connectivity index (χ1v) is 5.33. The minimum absolute atomic E-state index is 0.0250. The molecule has 0 bridgehead atoms. The smallest absolute Gasteiger partial charge is 0.329 e. The highest BCUT2D eigenvalue weighted by Crippen LogP contribution is 2.22. The van der Waals surface area contributed by atoms with Gasteiger partial charge in [0.15, 0.2) is 6.10 Å². The summed E-state index contributed by atoms with van der Waals surface area (Å²) >= 11 is 0. The summed E-state index contributed by atoms with van der Waals surface area (Å²) < 4.78 is 5.17. The van der Waals surface area contributed by atoms with Gasteiger partial charge in [-0.25, -0.2) is 4.79 Å². The molecule has 0 N–H and O–H groups in total. The van der Waals surface area contributed by atoms with Crippen LogP contribution in [0.4, 0.5) is 0 Å². The summed E-state index contributed by atoms with van der Waals surface area (Å²) in [4.78, 5) is 25.1. The van der Waals surface area contributed by atoms with E-state index in [1.54, 1.807) is 7.05 Å². The molecule has 4 nitrogen and oxygen atoms in total. The van der Waals surface area contributed by atoms with Gasteiger partial charge in [-0.2, -0.15) is 0 Å². The zero-order valence-corrected chi connectivity index (χ0v) is 9.98. The molecule has 0 aromatic heterocycles. The molecule has 0 unspecified atom stereocenters. The molecule has 15 heavy (non-hydrogen) atoms. The van der Waals surface area contributed by atoms with Crippen molar-refractivity contribution in [1.29, 1.82) is 0 Å². The van der Waals surface area contributed by atoms with E-state index in [9.17, 15) is 9.59 Å². The van der Waals surface area contributed by atoms with Crippen LogP contribution in [0.15, 0.2) is 0 Å². The maximum Gasteiger partial charge on any atom is 0.329 e. The Morgan fingerprint density at radius 2 is 1.67 bits per heavy atom. The van der Waals surface area contributed by atoms with Crippen LogP contribution in [0, 0.1) is 11.8 Å². The molecule has 0 aromatic carbocycles. The minimum atomic E-state index is -0.613. The molecule has 0 radical (unpaired) electrons. The van der Waals surface area contributed by atoms with Crippen LogP contribution in [-0.2, 0) is 14.3 Å². The van der Waals surface area contributed by atoms with Crippen LogP contribution in [0.5, 0.6) is 0 Å². The fraction of sp³-hybridized carbons (Fsp3) is 0.818. The van der Waals surface area contributed by atoms with Crippen molar-refractivity contribution in [2.45, 2.75) is 39.8 Å². The molecule has 86 valence electrons. The Kier molecular flexibility index (Phi) is 3.37. The number of rotatable bonds is 2. The molecular weight excluding hydrogens is 194 g/mol. The SMILES string of the molecule is CC(C)[C@H]1C(=O)O[C@H](C(C)C)C(=O)N1C. The highest BCUT2D eigenvalue weighted by molar-refractivity contribution is 5.92. The van der Waals surface area contributed by atoms with Gasteiger partial charge >= 0.3 is 5.97 Å². The number of carbonyl (C=O) groups excluding carboxylic acids is 2. The molecule has 1 rings (SSSR count). The summed E-state index contributed by atoms with van der Waals surface area (Å²) in [5.41, 5.74) is 0. The Morgan fingerprint density at radius 1 is 1.13 bits per heavy atom. The summed E-state index contributed by atoms with van der Waals surface area (Å²) in [5, 5.41) is 0. The Bertz CT molecular complexity index is 273. The van der Waals surface area contributed by atoms with Crippen LogP contribution in [-0.4, -0.2) is 36.0 Å². The monoisotopic (exact) mass is 213 g/mol. The average Bonchev–Trinajstić information content (AvgIpc) is 2.10. The van der Waals surface area contributed by atoms with Crippen LogP contribution < -0.4 is 0 Å². The first-order chi connectivity index (χ1) is 6.86. The van der Waals surface area contributed by atoms with Crippen molar-refractivity contribution in [3.8, 4) is 0 Å². The highest BCUT2D eigenvalue weighted by Gasteiger charge is 2.42. The third-order valence-electron chi connectivity index (χ3n) is 2.73. The lowest BCUT2D eigenvalue weighted by atomic mass is 9.97. The van der Waals surface area contributed by atoms with Gasteiger partial charge in [0.2, 0.25) is 0 Å². The largest absolute Gasteiger partial charge is 0.450 e. The second-order valence-corrected chi connectivity index (χ2v) is 4.74. The van der Waals surface area contributed by atoms with Crippen LogP contribution in [0.25, 0.3) is 0 Å². The maximum absolute atomic E-state index is 11.9. The minimum Gasteiger partial charge on any atom is -0.450 e. The first kappa shape index (κ1) is 12.0. The first-order valence-electron chi connectivity index (χ1n) is 5.33. The fourth-order valence-corrected chi connectivity index (χ4v) is 1.88. The van der Waals surface area contributed by atoms with Gasteiger partial charge in [0.05, 0.1) is 0 Å². The Hall–Kier alpha value is -1.06. The zero-order valence-electron chi connectivity index (χ0n) is 9.98. The number of nitrogens with zero attached hydrogens (tertiary/aromatic N) is 1. The summed E-state index contributed by atoms with van der Waals surface area (Å²) in [5.74, 6) is -0.273. The number of hydrogen-bond acceptors (Lipinski definition) is 3. The quantitative estimate of drug-likeness (QED) is 0.644. The summed E-state index contributed by atoms with van der Waals surface area (Å²) in [6, 6.07) is -0.438. The molecular formula is C11H19NO3. The van der Waals surface area contributed by atoms with Crippen molar-refractivity contribution in [2.75, 3.05) is 7.05 Å². The van der Waals surface area contributed by atoms with E-state index in [0.717, 1.165) is 0 Å². The molecule has 2 atom stereocenters. The van der Waals surface area contributed by atoms with E-state index in [1.165, 1.54) is 4.90 Å². The Labute approximate surface area is 90.6 Å². The molecule has 0 spiro atoms. The Balaban J connectivity index is 2.89. The topological polar surface area (TPSA) is 46.6 Å². The summed E-state index contributed by atoms with van der Waals surface area (Å²) in [7, 11) is 1.67. The van der Waals surface area contributed by atoms with E-state index in [1.807, 2.05) is 27.7 Å². The number of morpholine rings is 1. The van der Waals surface area contributed by atoms with E-state index < -0.39 is 12.1 Å². The van der Waals surface area contributed by atoms with Gasteiger partial charge < -0.3 is 9.64 Å². The van der Waals surface area contributed by atoms with Crippen molar-refractivity contribution in [1.82, 2.24) is 4.90 Å². The molecule has 1 saturated heterocycles. The molecule has 0 saturated carbocycles. The van der Waals surface area contributed by atoms with Gasteiger partial charge in [-0.3, -0.25) is 4.79 Å². The number of amides is 1. The number of hydrogen-bond donors (Lipinski definition) is 0. The predicted octanol–water partition coefficient (Wildman–Crippen LogP) is 1.05. The van der Waals surface area contributed by atoms with Crippen molar-refractivity contribution >= 4 is 11.9 Å². The number of likely N-dealkylation sites (N-methyl/N-ethyl adjacent to an activating group) is 1. The molecule has 1 aliphatic rings. The number of carbonyl (C=O) groups is 2. The van der Waals surface area contributed by atoms with E-state index in [4.69, 9.17) is 4.74 Å². The van der Waals surface area contributed by atoms with Crippen molar-refractivity contribution in [3.05, 3.63) is 0 Å². The van der Waals surface area contributed by atoms with E-state index in [-0.39, 0.29) is 23.7 Å². The lowest BCUT2D eigenvalue weighted by molar-refractivity contribution is -0.181. The second-order valence-electron chi connectivity index (χ2n) is 4.74. The molecule has 1 amide bonds. The predicted molar refractivity (Wildman–Crippen MR) is 56.1 cm³/mol. The lowest BCUT2D eigenvalue weighted by Gasteiger charge is -2.38. The van der Waals surface area contributed by atoms with E-state index in [2.05, 4.69) is 0 Å². The van der Waals surface area contributed by atoms with Gasteiger partial charge in [-0.15, -0.1) is 0 Å². The molecule has 0 aliphatic carbocycles. The molecule has 1 fully saturated rings. The zero-order chi connectivity index (χ0) is 11.7. The van der Waals surface area contributed by atoms with Gasteiger partial charge in [0.25, 0.3) is 5.91 Å². The Morgan fingerprint density at radius 3 is 2.07 bits per heavy atom. The number of esters is 1. The van der Waals surface area contributed by atoms with E-state index >= 15 is 0 Å². The third-order valence-corrected chi connectivity index (χ3v) is 2.73. The van der Waals surface area contributed by atoms with Crippen LogP contribution >= 0.6 is 0 Å². The van der Waals surface area contributed by atoms with Gasteiger partial charge in [-0.05, 0) is 11.8 Å². The van der Waals surface area contributed by atoms with Crippen molar-refractivity contribution < 1.29 is 14.3 Å². The third kappa shape index (κ3) is 2.13. The van der Waals surface area contributed by atoms with Crippen molar-refractivity contribution in [3.63, 3.8) is 0 Å². The van der Waals surface area contributed by atoms with Gasteiger partial charge in [0.1, 0.15) is 6.04 Å². The van der Waals surface area contributed by atoms with Gasteiger partial charge in [0, 0.05) is 7.05 Å². The summed E-state index contributed by atoms with van der Waals surface area (Å²) in [6.45, 7) is 7.57. The maximum atomic E-state index is 11.9. The highest BCUT2D eigenvalue weighted by atomic mass is 16.6. The van der Waals surface area contributed by atoms with Crippen LogP contribution in [0.1, 0.15) is 27.7 Å². The van der Waals surface area contributed by atoms with Gasteiger partial charge in [-0.1, -0.05) is 27.7 Å². The lowest BCUT2D eigenvalue weighted by Crippen LogP contribution is -2.57. The number of cyclic esters (lactones) is 1. The van der Waals surface area contributed by atoms with Crippen molar-refractivity contribution in [2.24, 2.45) is 11.8 Å². The standard InChI is InChI=1S/C11H19NO3/c1-6(2)8-11(14)15-9(7(3)4)10(13)12(8)5/h6-9H,1-5H3/t8-,9+/m0/s1. The normalized spacial score (nSPS) is 27.5. The van der Waals surface area contributed by atoms with E-state index in [0.29, 0.717) is 0 Å². The number of ether oxygens (including phenoxy) is 1. The fourth-order valence-electron chi connectivity index (χ4n) is 1.88. The molecule has 0 aromatic rings. The molecule has 1 aliphatic heterocycles. The van der Waals surface area contributed by atoms with Crippen LogP contribution in [0.3, 0.4) is 0 Å². The molecule has 4 heteroatoms. The average molecular weight is 213 g/mol. The molecule has 1 heterocycles. The second kappa shape index (κ2) is 4.21. The summed E-state index contributed by atoms with van der Waals surface area (Å²) in [6.07, 6.45) is -0.613. The van der Waals surface area contributed by atoms with Crippen LogP contribution in [0.2, 0.25) is 0 Å².